The van der Waals surface area contributed by atoms with Gasteiger partial charge in [-0.1, -0.05) is 11.8 Å². The summed E-state index contributed by atoms with van der Waals surface area (Å²) in [6.07, 6.45) is 0. The van der Waals surface area contributed by atoms with Crippen LogP contribution in [0.4, 0.5) is 45.5 Å². The number of nitrogens with one attached hydrogen (secondary N) is 3. The summed E-state index contributed by atoms with van der Waals surface area (Å²) < 4.78 is 0. The van der Waals surface area contributed by atoms with Crippen LogP contribution < -0.4 is 27.4 Å². The summed E-state index contributed by atoms with van der Waals surface area (Å²) in [5, 5.41) is 10.4. The average Bonchev–Trinajstić information content (AvgIpc) is 2.75. The molecule has 1 aliphatic rings. The van der Waals surface area contributed by atoms with E-state index in [0.29, 0.717) is 0 Å². The molecule has 0 aliphatic carbocycles. The van der Waals surface area contributed by atoms with Crippen molar-refractivity contribution in [3.05, 3.63) is 84.9 Å². The van der Waals surface area contributed by atoms with Crippen molar-refractivity contribution in [3.8, 4) is 0 Å². The minimum atomic E-state index is 0.754. The van der Waals surface area contributed by atoms with E-state index >= 15 is 0 Å². The molecule has 0 fully saturated rings. The van der Waals surface area contributed by atoms with E-state index in [9.17, 15) is 0 Å². The van der Waals surface area contributed by atoms with Gasteiger partial charge in [0, 0.05) is 43.9 Å². The number of benzene rings is 4. The lowest BCUT2D eigenvalue weighted by atomic mass is 10.2. The van der Waals surface area contributed by atoms with Gasteiger partial charge in [0.2, 0.25) is 0 Å². The number of rotatable bonds is 4. The molecule has 7 N–H and O–H groups in total. The number of nitrogen functional groups attached to an aromatic ring is 2. The SMILES string of the molecule is Nc1ccc(Nc2ccc3c(c2)Nc2cc(Nc4ccc(N)cc4)ccc2S3)cc1. The molecule has 1 heterocycles. The van der Waals surface area contributed by atoms with Gasteiger partial charge in [-0.05, 0) is 84.9 Å². The van der Waals surface area contributed by atoms with Crippen LogP contribution in [0.3, 0.4) is 0 Å². The molecule has 30 heavy (non-hydrogen) atoms. The molecule has 0 amide bonds. The summed E-state index contributed by atoms with van der Waals surface area (Å²) in [6, 6.07) is 28.2. The maximum atomic E-state index is 5.77. The summed E-state index contributed by atoms with van der Waals surface area (Å²) in [4.78, 5) is 2.40. The van der Waals surface area contributed by atoms with Gasteiger partial charge in [0.15, 0.2) is 0 Å². The number of nitrogens with two attached hydrogens (primary N) is 2. The highest BCUT2D eigenvalue weighted by molar-refractivity contribution is 7.99. The van der Waals surface area contributed by atoms with E-state index in [1.807, 2.05) is 48.5 Å². The van der Waals surface area contributed by atoms with E-state index in [1.54, 1.807) is 11.8 Å². The highest BCUT2D eigenvalue weighted by Gasteiger charge is 2.16. The monoisotopic (exact) mass is 411 g/mol. The fourth-order valence-corrected chi connectivity index (χ4v) is 4.27. The highest BCUT2D eigenvalue weighted by atomic mass is 32.2. The van der Waals surface area contributed by atoms with Crippen molar-refractivity contribution in [2.45, 2.75) is 9.79 Å². The molecule has 1 aliphatic heterocycles. The maximum absolute atomic E-state index is 5.77. The number of anilines is 8. The fourth-order valence-electron chi connectivity index (χ4n) is 3.32. The first-order valence-corrected chi connectivity index (χ1v) is 10.4. The van der Waals surface area contributed by atoms with Gasteiger partial charge in [-0.25, -0.2) is 0 Å². The van der Waals surface area contributed by atoms with Gasteiger partial charge in [-0.15, -0.1) is 0 Å². The lowest BCUT2D eigenvalue weighted by Gasteiger charge is -2.22. The minimum absolute atomic E-state index is 0.754. The Kier molecular flexibility index (Phi) is 4.61. The van der Waals surface area contributed by atoms with E-state index in [-0.39, 0.29) is 0 Å². The van der Waals surface area contributed by atoms with Crippen molar-refractivity contribution in [3.63, 3.8) is 0 Å². The predicted molar refractivity (Wildman–Crippen MR) is 129 cm³/mol. The highest BCUT2D eigenvalue weighted by Crippen LogP contribution is 2.46. The van der Waals surface area contributed by atoms with Crippen LogP contribution in [0.25, 0.3) is 0 Å². The summed E-state index contributed by atoms with van der Waals surface area (Å²) in [6.45, 7) is 0. The van der Waals surface area contributed by atoms with Gasteiger partial charge in [0.25, 0.3) is 0 Å². The lowest BCUT2D eigenvalue weighted by molar-refractivity contribution is 1.31. The summed E-state index contributed by atoms with van der Waals surface area (Å²) >= 11 is 1.77. The van der Waals surface area contributed by atoms with Crippen molar-refractivity contribution >= 4 is 57.3 Å². The van der Waals surface area contributed by atoms with Gasteiger partial charge >= 0.3 is 0 Å². The molecular formula is C24H21N5S. The normalized spacial score (nSPS) is 11.7. The molecule has 5 nitrogen and oxygen atoms in total. The van der Waals surface area contributed by atoms with Crippen LogP contribution in [0.5, 0.6) is 0 Å². The van der Waals surface area contributed by atoms with Crippen LogP contribution >= 0.6 is 11.8 Å². The van der Waals surface area contributed by atoms with Gasteiger partial charge in [-0.3, -0.25) is 0 Å². The molecule has 5 rings (SSSR count). The second-order valence-corrected chi connectivity index (χ2v) is 8.23. The van der Waals surface area contributed by atoms with Crippen LogP contribution in [0.15, 0.2) is 94.7 Å². The minimum Gasteiger partial charge on any atom is -0.399 e. The standard InChI is InChI=1S/C24H21N5S/c25-15-1-5-17(6-2-15)27-19-9-11-23-21(13-19)29-22-14-20(10-12-24(22)30-23)28-18-7-3-16(26)4-8-18/h1-14,27-29H,25-26H2. The number of hydrogen-bond acceptors (Lipinski definition) is 6. The van der Waals surface area contributed by atoms with E-state index in [0.717, 1.165) is 45.5 Å². The smallest absolute Gasteiger partial charge is 0.0547 e. The average molecular weight is 412 g/mol. The van der Waals surface area contributed by atoms with E-state index < -0.39 is 0 Å². The molecule has 0 atom stereocenters. The fraction of sp³-hybridized carbons (Fsp3) is 0. The third kappa shape index (κ3) is 3.86. The summed E-state index contributed by atoms with van der Waals surface area (Å²) in [7, 11) is 0. The summed E-state index contributed by atoms with van der Waals surface area (Å²) in [5.74, 6) is 0. The van der Waals surface area contributed by atoms with Crippen LogP contribution in [0.1, 0.15) is 0 Å². The Morgan fingerprint density at radius 2 is 0.933 bits per heavy atom. The zero-order valence-electron chi connectivity index (χ0n) is 16.1. The van der Waals surface area contributed by atoms with E-state index in [2.05, 4.69) is 52.3 Å². The first-order valence-electron chi connectivity index (χ1n) is 9.60. The largest absolute Gasteiger partial charge is 0.399 e. The van der Waals surface area contributed by atoms with Crippen molar-refractivity contribution in [2.75, 3.05) is 27.4 Å². The first-order chi connectivity index (χ1) is 14.6. The topological polar surface area (TPSA) is 88.1 Å². The molecule has 0 saturated heterocycles. The van der Waals surface area contributed by atoms with E-state index in [4.69, 9.17) is 11.5 Å². The Morgan fingerprint density at radius 1 is 0.533 bits per heavy atom. The van der Waals surface area contributed by atoms with Crippen LogP contribution in [-0.4, -0.2) is 0 Å². The third-order valence-electron chi connectivity index (χ3n) is 4.85. The van der Waals surface area contributed by atoms with Crippen molar-refractivity contribution in [2.24, 2.45) is 0 Å². The number of hydrogen-bond donors (Lipinski definition) is 5. The molecule has 0 unspecified atom stereocenters. The molecule has 0 aromatic heterocycles. The molecular weight excluding hydrogens is 390 g/mol. The van der Waals surface area contributed by atoms with Crippen molar-refractivity contribution in [1.29, 1.82) is 0 Å². The Labute approximate surface area is 179 Å². The van der Waals surface area contributed by atoms with Gasteiger partial charge in [0.1, 0.15) is 0 Å². The van der Waals surface area contributed by atoms with Crippen molar-refractivity contribution in [1.82, 2.24) is 0 Å². The summed E-state index contributed by atoms with van der Waals surface area (Å²) in [5.41, 5.74) is 19.3. The molecule has 0 radical (unpaired) electrons. The predicted octanol–water partition coefficient (Wildman–Crippen LogP) is 6.55. The Hall–Kier alpha value is -3.77. The maximum Gasteiger partial charge on any atom is 0.0547 e. The molecule has 4 aromatic rings. The second kappa shape index (κ2) is 7.57. The van der Waals surface area contributed by atoms with E-state index in [1.165, 1.54) is 9.79 Å². The number of fused-ring (bicyclic) bond motifs is 2. The molecule has 0 bridgehead atoms. The zero-order chi connectivity index (χ0) is 20.5. The molecule has 0 saturated carbocycles. The molecule has 4 aromatic carbocycles. The molecule has 0 spiro atoms. The first kappa shape index (κ1) is 18.3. The Balaban J connectivity index is 1.36. The van der Waals surface area contributed by atoms with Gasteiger partial charge in [0.05, 0.1) is 11.4 Å². The van der Waals surface area contributed by atoms with Crippen LogP contribution in [-0.2, 0) is 0 Å². The second-order valence-electron chi connectivity index (χ2n) is 7.14. The molecule has 148 valence electrons. The van der Waals surface area contributed by atoms with Gasteiger partial charge in [-0.2, -0.15) is 0 Å². The quantitative estimate of drug-likeness (QED) is 0.216. The molecule has 6 heteroatoms. The van der Waals surface area contributed by atoms with Crippen molar-refractivity contribution < 1.29 is 0 Å². The third-order valence-corrected chi connectivity index (χ3v) is 6.00. The Bertz CT molecular complexity index is 1110. The lowest BCUT2D eigenvalue weighted by Crippen LogP contribution is -2.02. The zero-order valence-corrected chi connectivity index (χ0v) is 17.0. The van der Waals surface area contributed by atoms with Gasteiger partial charge < -0.3 is 27.4 Å². The van der Waals surface area contributed by atoms with Crippen LogP contribution in [0, 0.1) is 0 Å². The van der Waals surface area contributed by atoms with Crippen LogP contribution in [0.2, 0.25) is 0 Å². The Morgan fingerprint density at radius 3 is 1.37 bits per heavy atom.